The molecule has 1 aromatic carbocycles. The maximum absolute atomic E-state index is 12.0. The van der Waals surface area contributed by atoms with Crippen LogP contribution in [-0.2, 0) is 6.54 Å². The first-order chi connectivity index (χ1) is 6.58. The maximum atomic E-state index is 12.0. The van der Waals surface area contributed by atoms with E-state index in [-0.39, 0.29) is 6.54 Å². The van der Waals surface area contributed by atoms with E-state index in [4.69, 9.17) is 5.73 Å². The van der Waals surface area contributed by atoms with Crippen LogP contribution in [0.4, 0.5) is 14.5 Å². The molecule has 0 fully saturated rings. The van der Waals surface area contributed by atoms with Crippen molar-refractivity contribution in [2.24, 2.45) is 0 Å². The molecule has 0 aliphatic carbocycles. The van der Waals surface area contributed by atoms with E-state index in [2.05, 4.69) is 0 Å². The number of rotatable bonds is 4. The molecule has 1 rings (SSSR count). The van der Waals surface area contributed by atoms with Gasteiger partial charge >= 0.3 is 0 Å². The predicted octanol–water partition coefficient (Wildman–Crippen LogP) is 1.97. The largest absolute Gasteiger partial charge is 0.399 e. The predicted molar refractivity (Wildman–Crippen MR) is 53.2 cm³/mol. The SMILES string of the molecule is CN(Cc1cccc(N)c1)CC(F)F. The zero-order valence-corrected chi connectivity index (χ0v) is 8.08. The first-order valence-electron chi connectivity index (χ1n) is 4.39. The summed E-state index contributed by atoms with van der Waals surface area (Å²) >= 11 is 0. The summed E-state index contributed by atoms with van der Waals surface area (Å²) in [5.41, 5.74) is 7.18. The minimum Gasteiger partial charge on any atom is -0.399 e. The van der Waals surface area contributed by atoms with Crippen LogP contribution in [0.15, 0.2) is 24.3 Å². The third kappa shape index (κ3) is 3.70. The van der Waals surface area contributed by atoms with Crippen molar-refractivity contribution in [3.8, 4) is 0 Å². The number of hydrogen-bond acceptors (Lipinski definition) is 2. The molecule has 0 aliphatic rings. The van der Waals surface area contributed by atoms with E-state index in [1.54, 1.807) is 24.1 Å². The fourth-order valence-corrected chi connectivity index (χ4v) is 1.30. The first kappa shape index (κ1) is 10.9. The number of benzene rings is 1. The monoisotopic (exact) mass is 200 g/mol. The fraction of sp³-hybridized carbons (Fsp3) is 0.400. The standard InChI is InChI=1S/C10H14F2N2/c1-14(7-10(11)12)6-8-3-2-4-9(13)5-8/h2-5,10H,6-7,13H2,1H3. The topological polar surface area (TPSA) is 29.3 Å². The number of halogens is 2. The molecule has 2 nitrogen and oxygen atoms in total. The Kier molecular flexibility index (Phi) is 3.83. The van der Waals surface area contributed by atoms with Gasteiger partial charge in [-0.15, -0.1) is 0 Å². The summed E-state index contributed by atoms with van der Waals surface area (Å²) in [6, 6.07) is 7.26. The van der Waals surface area contributed by atoms with Crippen LogP contribution in [0.2, 0.25) is 0 Å². The number of nitrogens with two attached hydrogens (primary N) is 1. The Labute approximate surface area is 82.3 Å². The normalized spacial score (nSPS) is 11.2. The molecular weight excluding hydrogens is 186 g/mol. The van der Waals surface area contributed by atoms with Gasteiger partial charge in [-0.25, -0.2) is 8.78 Å². The molecule has 78 valence electrons. The molecule has 0 aliphatic heterocycles. The fourth-order valence-electron chi connectivity index (χ4n) is 1.30. The van der Waals surface area contributed by atoms with Gasteiger partial charge in [0.05, 0.1) is 6.54 Å². The van der Waals surface area contributed by atoms with Crippen LogP contribution in [0.1, 0.15) is 5.56 Å². The lowest BCUT2D eigenvalue weighted by molar-refractivity contribution is 0.0976. The van der Waals surface area contributed by atoms with Crippen molar-refractivity contribution >= 4 is 5.69 Å². The molecule has 0 radical (unpaired) electrons. The van der Waals surface area contributed by atoms with Gasteiger partial charge in [-0.1, -0.05) is 12.1 Å². The lowest BCUT2D eigenvalue weighted by Gasteiger charge is -2.15. The minimum absolute atomic E-state index is 0.213. The first-order valence-corrected chi connectivity index (χ1v) is 4.39. The lowest BCUT2D eigenvalue weighted by Crippen LogP contribution is -2.24. The van der Waals surface area contributed by atoms with Gasteiger partial charge in [-0.2, -0.15) is 0 Å². The van der Waals surface area contributed by atoms with Gasteiger partial charge < -0.3 is 5.73 Å². The molecule has 0 bridgehead atoms. The van der Waals surface area contributed by atoms with Gasteiger partial charge in [-0.3, -0.25) is 4.90 Å². The highest BCUT2D eigenvalue weighted by Crippen LogP contribution is 2.09. The number of nitrogen functional groups attached to an aromatic ring is 1. The van der Waals surface area contributed by atoms with Crippen LogP contribution in [0.25, 0.3) is 0 Å². The summed E-state index contributed by atoms with van der Waals surface area (Å²) in [6.07, 6.45) is -2.29. The van der Waals surface area contributed by atoms with Gasteiger partial charge in [0.1, 0.15) is 0 Å². The highest BCUT2D eigenvalue weighted by Gasteiger charge is 2.07. The third-order valence-electron chi connectivity index (χ3n) is 1.85. The van der Waals surface area contributed by atoms with Crippen molar-refractivity contribution in [1.82, 2.24) is 4.90 Å². The Hall–Kier alpha value is -1.16. The molecule has 0 heterocycles. The Morgan fingerprint density at radius 1 is 1.43 bits per heavy atom. The minimum atomic E-state index is -2.29. The molecule has 0 amide bonds. The van der Waals surface area contributed by atoms with Gasteiger partial charge in [0, 0.05) is 12.2 Å². The van der Waals surface area contributed by atoms with Crippen LogP contribution in [0.5, 0.6) is 0 Å². The highest BCUT2D eigenvalue weighted by molar-refractivity contribution is 5.40. The van der Waals surface area contributed by atoms with E-state index in [1.165, 1.54) is 0 Å². The molecule has 0 aromatic heterocycles. The van der Waals surface area contributed by atoms with Crippen LogP contribution in [0, 0.1) is 0 Å². The Bertz CT molecular complexity index is 289. The lowest BCUT2D eigenvalue weighted by atomic mass is 10.2. The van der Waals surface area contributed by atoms with Crippen molar-refractivity contribution in [2.75, 3.05) is 19.3 Å². The zero-order chi connectivity index (χ0) is 10.6. The molecule has 4 heteroatoms. The molecule has 2 N–H and O–H groups in total. The van der Waals surface area contributed by atoms with E-state index in [0.29, 0.717) is 12.2 Å². The molecule has 14 heavy (non-hydrogen) atoms. The van der Waals surface area contributed by atoms with Crippen LogP contribution in [-0.4, -0.2) is 24.9 Å². The average molecular weight is 200 g/mol. The smallest absolute Gasteiger partial charge is 0.251 e. The summed E-state index contributed by atoms with van der Waals surface area (Å²) in [5, 5.41) is 0. The zero-order valence-electron chi connectivity index (χ0n) is 8.08. The molecule has 0 atom stereocenters. The van der Waals surface area contributed by atoms with Gasteiger partial charge in [0.15, 0.2) is 0 Å². The molecule has 0 unspecified atom stereocenters. The second kappa shape index (κ2) is 4.91. The summed E-state index contributed by atoms with van der Waals surface area (Å²) < 4.78 is 24.0. The number of hydrogen-bond donors (Lipinski definition) is 1. The number of nitrogens with zero attached hydrogens (tertiary/aromatic N) is 1. The van der Waals surface area contributed by atoms with Crippen molar-refractivity contribution in [3.05, 3.63) is 29.8 Å². The second-order valence-electron chi connectivity index (χ2n) is 3.33. The summed E-state index contributed by atoms with van der Waals surface area (Å²) in [4.78, 5) is 1.57. The summed E-state index contributed by atoms with van der Waals surface area (Å²) in [7, 11) is 1.66. The van der Waals surface area contributed by atoms with E-state index >= 15 is 0 Å². The number of alkyl halides is 2. The maximum Gasteiger partial charge on any atom is 0.251 e. The molecule has 0 saturated carbocycles. The van der Waals surface area contributed by atoms with E-state index in [0.717, 1.165) is 5.56 Å². The van der Waals surface area contributed by atoms with Crippen molar-refractivity contribution in [1.29, 1.82) is 0 Å². The van der Waals surface area contributed by atoms with Crippen LogP contribution < -0.4 is 5.73 Å². The van der Waals surface area contributed by atoms with Gasteiger partial charge in [0.25, 0.3) is 6.43 Å². The average Bonchev–Trinajstić information content (AvgIpc) is 2.01. The number of anilines is 1. The van der Waals surface area contributed by atoms with Gasteiger partial charge in [0.2, 0.25) is 0 Å². The molecular formula is C10H14F2N2. The summed E-state index contributed by atoms with van der Waals surface area (Å²) in [5.74, 6) is 0. The van der Waals surface area contributed by atoms with E-state index < -0.39 is 6.43 Å². The molecule has 1 aromatic rings. The summed E-state index contributed by atoms with van der Waals surface area (Å²) in [6.45, 7) is 0.282. The Morgan fingerprint density at radius 2 is 2.14 bits per heavy atom. The van der Waals surface area contributed by atoms with Crippen LogP contribution >= 0.6 is 0 Å². The van der Waals surface area contributed by atoms with E-state index in [1.807, 2.05) is 12.1 Å². The van der Waals surface area contributed by atoms with Crippen LogP contribution in [0.3, 0.4) is 0 Å². The molecule has 0 saturated heterocycles. The van der Waals surface area contributed by atoms with Gasteiger partial charge in [-0.05, 0) is 24.7 Å². The quantitative estimate of drug-likeness (QED) is 0.753. The highest BCUT2D eigenvalue weighted by atomic mass is 19.3. The van der Waals surface area contributed by atoms with Crippen molar-refractivity contribution in [3.63, 3.8) is 0 Å². The Morgan fingerprint density at radius 3 is 2.71 bits per heavy atom. The molecule has 0 spiro atoms. The second-order valence-corrected chi connectivity index (χ2v) is 3.33. The van der Waals surface area contributed by atoms with E-state index in [9.17, 15) is 8.78 Å². The van der Waals surface area contributed by atoms with Crippen molar-refractivity contribution < 1.29 is 8.78 Å². The van der Waals surface area contributed by atoms with Crippen molar-refractivity contribution in [2.45, 2.75) is 13.0 Å². The Balaban J connectivity index is 2.51. The third-order valence-corrected chi connectivity index (χ3v) is 1.85.